The van der Waals surface area contributed by atoms with Crippen LogP contribution in [0, 0.1) is 10.1 Å². The quantitative estimate of drug-likeness (QED) is 0.315. The highest BCUT2D eigenvalue weighted by molar-refractivity contribution is 6.45. The fourth-order valence-corrected chi connectivity index (χ4v) is 1.11. The van der Waals surface area contributed by atoms with Gasteiger partial charge in [0.2, 0.25) is 11.6 Å². The molecule has 0 amide bonds. The van der Waals surface area contributed by atoms with Gasteiger partial charge in [0.1, 0.15) is 6.10 Å². The van der Waals surface area contributed by atoms with Gasteiger partial charge in [0.15, 0.2) is 0 Å². The van der Waals surface area contributed by atoms with Crippen LogP contribution in [0.2, 0.25) is 0 Å². The molecule has 0 bridgehead atoms. The van der Waals surface area contributed by atoms with E-state index in [9.17, 15) is 19.7 Å². The van der Waals surface area contributed by atoms with Gasteiger partial charge in [-0.3, -0.25) is 19.7 Å². The Labute approximate surface area is 95.5 Å². The molecule has 1 aromatic carbocycles. The minimum atomic E-state index is -1.77. The molecule has 0 heterocycles. The lowest BCUT2D eigenvalue weighted by molar-refractivity contribution is -0.384. The number of hydrogen-bond donors (Lipinski definition) is 2. The van der Waals surface area contributed by atoms with Crippen molar-refractivity contribution in [2.75, 3.05) is 6.61 Å². The molecule has 0 spiro atoms. The van der Waals surface area contributed by atoms with Crippen LogP contribution in [-0.4, -0.2) is 39.4 Å². The SMILES string of the molecule is O=C(C(=O)C(O)CO)c1ccc([N+](=O)[O-])cc1. The van der Waals surface area contributed by atoms with Gasteiger partial charge in [-0.25, -0.2) is 0 Å². The zero-order valence-corrected chi connectivity index (χ0v) is 8.57. The van der Waals surface area contributed by atoms with E-state index in [0.29, 0.717) is 0 Å². The average molecular weight is 239 g/mol. The molecular formula is C10H9NO6. The lowest BCUT2D eigenvalue weighted by Crippen LogP contribution is -2.31. The van der Waals surface area contributed by atoms with E-state index in [-0.39, 0.29) is 11.3 Å². The number of rotatable bonds is 5. The summed E-state index contributed by atoms with van der Waals surface area (Å²) in [6, 6.07) is 4.38. The van der Waals surface area contributed by atoms with Crippen molar-refractivity contribution in [3.63, 3.8) is 0 Å². The fourth-order valence-electron chi connectivity index (χ4n) is 1.11. The number of nitro benzene ring substituents is 1. The average Bonchev–Trinajstić information content (AvgIpc) is 2.36. The second-order valence-corrected chi connectivity index (χ2v) is 3.20. The number of nitrogens with zero attached hydrogens (tertiary/aromatic N) is 1. The van der Waals surface area contributed by atoms with Crippen molar-refractivity contribution >= 4 is 17.3 Å². The smallest absolute Gasteiger partial charge is 0.269 e. The summed E-state index contributed by atoms with van der Waals surface area (Å²) >= 11 is 0. The molecule has 1 unspecified atom stereocenters. The first-order valence-electron chi connectivity index (χ1n) is 4.59. The number of carbonyl (C=O) groups is 2. The maximum absolute atomic E-state index is 11.4. The summed E-state index contributed by atoms with van der Waals surface area (Å²) in [5.74, 6) is -2.15. The van der Waals surface area contributed by atoms with Crippen molar-refractivity contribution in [1.82, 2.24) is 0 Å². The van der Waals surface area contributed by atoms with E-state index in [4.69, 9.17) is 10.2 Å². The predicted octanol–water partition coefficient (Wildman–Crippen LogP) is -0.300. The number of ketones is 2. The Morgan fingerprint density at radius 1 is 1.29 bits per heavy atom. The Balaban J connectivity index is 2.90. The van der Waals surface area contributed by atoms with E-state index >= 15 is 0 Å². The first-order valence-corrected chi connectivity index (χ1v) is 4.59. The first-order chi connectivity index (χ1) is 7.97. The molecule has 0 aliphatic carbocycles. The summed E-state index contributed by atoms with van der Waals surface area (Å²) in [5.41, 5.74) is -0.287. The Morgan fingerprint density at radius 3 is 2.24 bits per heavy atom. The van der Waals surface area contributed by atoms with Crippen LogP contribution in [0.5, 0.6) is 0 Å². The molecule has 1 rings (SSSR count). The lowest BCUT2D eigenvalue weighted by Gasteiger charge is -2.04. The molecule has 17 heavy (non-hydrogen) atoms. The van der Waals surface area contributed by atoms with E-state index in [1.807, 2.05) is 0 Å². The molecule has 0 saturated heterocycles. The van der Waals surface area contributed by atoms with Gasteiger partial charge in [0.25, 0.3) is 5.69 Å². The largest absolute Gasteiger partial charge is 0.393 e. The van der Waals surface area contributed by atoms with Crippen molar-refractivity contribution in [1.29, 1.82) is 0 Å². The molecule has 0 radical (unpaired) electrons. The number of Topliss-reactive ketones (excluding diaryl/α,β-unsaturated/α-hetero) is 2. The highest BCUT2D eigenvalue weighted by Gasteiger charge is 2.23. The topological polar surface area (TPSA) is 118 Å². The van der Waals surface area contributed by atoms with Gasteiger partial charge in [-0.1, -0.05) is 0 Å². The maximum atomic E-state index is 11.4. The Morgan fingerprint density at radius 2 is 1.82 bits per heavy atom. The van der Waals surface area contributed by atoms with Gasteiger partial charge in [0, 0.05) is 17.7 Å². The van der Waals surface area contributed by atoms with Gasteiger partial charge in [-0.05, 0) is 12.1 Å². The number of hydrogen-bond acceptors (Lipinski definition) is 6. The number of non-ortho nitro benzene ring substituents is 1. The molecular weight excluding hydrogens is 230 g/mol. The number of nitro groups is 1. The van der Waals surface area contributed by atoms with Crippen LogP contribution in [0.4, 0.5) is 5.69 Å². The molecule has 7 nitrogen and oxygen atoms in total. The van der Waals surface area contributed by atoms with Crippen LogP contribution in [0.3, 0.4) is 0 Å². The summed E-state index contributed by atoms with van der Waals surface area (Å²) < 4.78 is 0. The minimum Gasteiger partial charge on any atom is -0.393 e. The van der Waals surface area contributed by atoms with Crippen molar-refractivity contribution in [2.24, 2.45) is 0 Å². The summed E-state index contributed by atoms with van der Waals surface area (Å²) in [6.07, 6.45) is -1.77. The number of aliphatic hydroxyl groups is 2. The summed E-state index contributed by atoms with van der Waals surface area (Å²) in [7, 11) is 0. The Hall–Kier alpha value is -2.12. The maximum Gasteiger partial charge on any atom is 0.269 e. The van der Waals surface area contributed by atoms with Crippen molar-refractivity contribution < 1.29 is 24.7 Å². The number of carbonyl (C=O) groups excluding carboxylic acids is 2. The van der Waals surface area contributed by atoms with Gasteiger partial charge in [-0.2, -0.15) is 0 Å². The predicted molar refractivity (Wildman–Crippen MR) is 55.5 cm³/mol. The monoisotopic (exact) mass is 239 g/mol. The third kappa shape index (κ3) is 2.92. The lowest BCUT2D eigenvalue weighted by atomic mass is 10.0. The van der Waals surface area contributed by atoms with Gasteiger partial charge < -0.3 is 10.2 Å². The van der Waals surface area contributed by atoms with E-state index < -0.39 is 29.2 Å². The molecule has 0 aromatic heterocycles. The third-order valence-corrected chi connectivity index (χ3v) is 2.04. The van der Waals surface area contributed by atoms with Crippen LogP contribution < -0.4 is 0 Å². The summed E-state index contributed by atoms with van der Waals surface area (Å²) in [4.78, 5) is 32.3. The molecule has 0 fully saturated rings. The summed E-state index contributed by atoms with van der Waals surface area (Å²) in [5, 5.41) is 27.8. The van der Waals surface area contributed by atoms with E-state index in [1.165, 1.54) is 0 Å². The summed E-state index contributed by atoms with van der Waals surface area (Å²) in [6.45, 7) is -0.850. The molecule has 2 N–H and O–H groups in total. The van der Waals surface area contributed by atoms with E-state index in [0.717, 1.165) is 24.3 Å². The third-order valence-electron chi connectivity index (χ3n) is 2.04. The molecule has 90 valence electrons. The van der Waals surface area contributed by atoms with E-state index in [2.05, 4.69) is 0 Å². The van der Waals surface area contributed by atoms with Gasteiger partial charge >= 0.3 is 0 Å². The second kappa shape index (κ2) is 5.28. The van der Waals surface area contributed by atoms with Crippen molar-refractivity contribution in [2.45, 2.75) is 6.10 Å². The Bertz CT molecular complexity index is 452. The van der Waals surface area contributed by atoms with Crippen LogP contribution >= 0.6 is 0 Å². The molecule has 7 heteroatoms. The number of aliphatic hydroxyl groups excluding tert-OH is 2. The molecule has 0 saturated carbocycles. The van der Waals surface area contributed by atoms with Crippen molar-refractivity contribution in [3.8, 4) is 0 Å². The second-order valence-electron chi connectivity index (χ2n) is 3.20. The van der Waals surface area contributed by atoms with Crippen LogP contribution in [0.15, 0.2) is 24.3 Å². The first kappa shape index (κ1) is 12.9. The molecule has 1 aromatic rings. The zero-order chi connectivity index (χ0) is 13.0. The normalized spacial score (nSPS) is 11.9. The minimum absolute atomic E-state index is 0.0758. The van der Waals surface area contributed by atoms with Crippen molar-refractivity contribution in [3.05, 3.63) is 39.9 Å². The highest BCUT2D eigenvalue weighted by atomic mass is 16.6. The molecule has 0 aliphatic rings. The van der Waals surface area contributed by atoms with Crippen LogP contribution in [0.1, 0.15) is 10.4 Å². The van der Waals surface area contributed by atoms with Crippen LogP contribution in [-0.2, 0) is 4.79 Å². The molecule has 1 atom stereocenters. The molecule has 0 aliphatic heterocycles. The fraction of sp³-hybridized carbons (Fsp3) is 0.200. The van der Waals surface area contributed by atoms with Gasteiger partial charge in [0.05, 0.1) is 11.5 Å². The van der Waals surface area contributed by atoms with Gasteiger partial charge in [-0.15, -0.1) is 0 Å². The standard InChI is InChI=1S/C10H9NO6/c12-5-8(13)10(15)9(14)6-1-3-7(4-2-6)11(16)17/h1-4,8,12-13H,5H2. The van der Waals surface area contributed by atoms with Crippen LogP contribution in [0.25, 0.3) is 0 Å². The zero-order valence-electron chi connectivity index (χ0n) is 8.57. The Kier molecular flexibility index (Phi) is 4.02. The van der Waals surface area contributed by atoms with E-state index in [1.54, 1.807) is 0 Å². The number of benzene rings is 1. The highest BCUT2D eigenvalue weighted by Crippen LogP contribution is 2.12.